The summed E-state index contributed by atoms with van der Waals surface area (Å²) in [6, 6.07) is 8.09. The van der Waals surface area contributed by atoms with E-state index in [1.807, 2.05) is 19.9 Å². The molecule has 0 fully saturated rings. The van der Waals surface area contributed by atoms with Crippen molar-refractivity contribution in [2.45, 2.75) is 20.0 Å². The van der Waals surface area contributed by atoms with Crippen LogP contribution < -0.4 is 9.47 Å². The standard InChI is InChI=1S/C17H19FO3/c1-10-8-9-12(17(21-4)11(10)2)16(19)15-13(18)6-5-7-14(15)20-3/h5-9,16,19H,1-4H3. The highest BCUT2D eigenvalue weighted by Crippen LogP contribution is 2.38. The molecular formula is C17H19FO3. The fraction of sp³-hybridized carbons (Fsp3) is 0.294. The highest BCUT2D eigenvalue weighted by atomic mass is 19.1. The monoisotopic (exact) mass is 290 g/mol. The van der Waals surface area contributed by atoms with Crippen molar-refractivity contribution in [3.8, 4) is 11.5 Å². The second-order valence-electron chi connectivity index (χ2n) is 4.89. The Kier molecular flexibility index (Phi) is 4.48. The van der Waals surface area contributed by atoms with Gasteiger partial charge in [-0.15, -0.1) is 0 Å². The van der Waals surface area contributed by atoms with Crippen LogP contribution >= 0.6 is 0 Å². The van der Waals surface area contributed by atoms with Gasteiger partial charge in [-0.1, -0.05) is 18.2 Å². The van der Waals surface area contributed by atoms with Crippen LogP contribution in [0, 0.1) is 19.7 Å². The summed E-state index contributed by atoms with van der Waals surface area (Å²) in [5.41, 5.74) is 2.60. The molecule has 0 aliphatic rings. The van der Waals surface area contributed by atoms with Crippen LogP contribution in [0.15, 0.2) is 30.3 Å². The second-order valence-corrected chi connectivity index (χ2v) is 4.89. The first-order chi connectivity index (χ1) is 10.0. The van der Waals surface area contributed by atoms with Gasteiger partial charge in [0.2, 0.25) is 0 Å². The van der Waals surface area contributed by atoms with Crippen molar-refractivity contribution in [2.24, 2.45) is 0 Å². The van der Waals surface area contributed by atoms with Crippen molar-refractivity contribution >= 4 is 0 Å². The Morgan fingerprint density at radius 3 is 2.38 bits per heavy atom. The summed E-state index contributed by atoms with van der Waals surface area (Å²) in [4.78, 5) is 0. The lowest BCUT2D eigenvalue weighted by Gasteiger charge is -2.20. The van der Waals surface area contributed by atoms with Gasteiger partial charge < -0.3 is 14.6 Å². The van der Waals surface area contributed by atoms with Gasteiger partial charge in [0.25, 0.3) is 0 Å². The molecule has 1 unspecified atom stereocenters. The molecule has 0 radical (unpaired) electrons. The molecule has 0 amide bonds. The molecule has 0 spiro atoms. The Balaban J connectivity index is 2.61. The average Bonchev–Trinajstić information content (AvgIpc) is 2.48. The molecule has 0 saturated carbocycles. The van der Waals surface area contributed by atoms with E-state index in [4.69, 9.17) is 9.47 Å². The third-order valence-corrected chi connectivity index (χ3v) is 3.71. The van der Waals surface area contributed by atoms with Crippen molar-refractivity contribution in [3.05, 3.63) is 58.4 Å². The number of hydrogen-bond acceptors (Lipinski definition) is 3. The van der Waals surface area contributed by atoms with Crippen molar-refractivity contribution in [3.63, 3.8) is 0 Å². The third kappa shape index (κ3) is 2.72. The molecule has 112 valence electrons. The lowest BCUT2D eigenvalue weighted by molar-refractivity contribution is 0.203. The molecule has 3 nitrogen and oxygen atoms in total. The van der Waals surface area contributed by atoms with E-state index in [1.165, 1.54) is 20.3 Å². The summed E-state index contributed by atoms with van der Waals surface area (Å²) >= 11 is 0. The highest BCUT2D eigenvalue weighted by molar-refractivity contribution is 5.51. The lowest BCUT2D eigenvalue weighted by Crippen LogP contribution is -2.08. The van der Waals surface area contributed by atoms with Crippen LogP contribution in [0.3, 0.4) is 0 Å². The minimum atomic E-state index is -1.16. The van der Waals surface area contributed by atoms with Crippen LogP contribution in [0.4, 0.5) is 4.39 Å². The van der Waals surface area contributed by atoms with E-state index >= 15 is 0 Å². The Bertz CT molecular complexity index is 653. The number of methoxy groups -OCH3 is 2. The first-order valence-electron chi connectivity index (χ1n) is 6.65. The second kappa shape index (κ2) is 6.14. The minimum Gasteiger partial charge on any atom is -0.496 e. The van der Waals surface area contributed by atoms with Crippen LogP contribution in [0.1, 0.15) is 28.4 Å². The van der Waals surface area contributed by atoms with Crippen molar-refractivity contribution < 1.29 is 19.0 Å². The predicted molar refractivity (Wildman–Crippen MR) is 79.5 cm³/mol. The van der Waals surface area contributed by atoms with Gasteiger partial charge in [0.05, 0.1) is 19.8 Å². The number of benzene rings is 2. The summed E-state index contributed by atoms with van der Waals surface area (Å²) < 4.78 is 24.7. The van der Waals surface area contributed by atoms with Gasteiger partial charge in [-0.25, -0.2) is 4.39 Å². The maximum Gasteiger partial charge on any atom is 0.133 e. The maximum absolute atomic E-state index is 14.1. The zero-order valence-electron chi connectivity index (χ0n) is 12.6. The van der Waals surface area contributed by atoms with Gasteiger partial charge >= 0.3 is 0 Å². The smallest absolute Gasteiger partial charge is 0.133 e. The quantitative estimate of drug-likeness (QED) is 0.936. The molecular weight excluding hydrogens is 271 g/mol. The molecule has 21 heavy (non-hydrogen) atoms. The Morgan fingerprint density at radius 1 is 1.05 bits per heavy atom. The molecule has 0 aromatic heterocycles. The molecule has 2 aromatic rings. The number of halogens is 1. The summed E-state index contributed by atoms with van der Waals surface area (Å²) in [7, 11) is 2.99. The number of aliphatic hydroxyl groups excluding tert-OH is 1. The number of hydrogen-bond donors (Lipinski definition) is 1. The number of ether oxygens (including phenoxy) is 2. The van der Waals surface area contributed by atoms with Crippen LogP contribution in [0.25, 0.3) is 0 Å². The van der Waals surface area contributed by atoms with E-state index in [9.17, 15) is 9.50 Å². The van der Waals surface area contributed by atoms with Crippen LogP contribution in [-0.4, -0.2) is 19.3 Å². The number of rotatable bonds is 4. The highest BCUT2D eigenvalue weighted by Gasteiger charge is 2.24. The summed E-state index contributed by atoms with van der Waals surface area (Å²) in [5.74, 6) is 0.359. The first-order valence-corrected chi connectivity index (χ1v) is 6.65. The summed E-state index contributed by atoms with van der Waals surface area (Å²) in [6.07, 6.45) is -1.16. The molecule has 0 heterocycles. The Hall–Kier alpha value is -2.07. The largest absolute Gasteiger partial charge is 0.496 e. The topological polar surface area (TPSA) is 38.7 Å². The maximum atomic E-state index is 14.1. The van der Waals surface area contributed by atoms with Gasteiger partial charge in [0.15, 0.2) is 0 Å². The van der Waals surface area contributed by atoms with E-state index in [-0.39, 0.29) is 5.56 Å². The molecule has 1 atom stereocenters. The fourth-order valence-corrected chi connectivity index (χ4v) is 2.41. The molecule has 0 aliphatic heterocycles. The van der Waals surface area contributed by atoms with Gasteiger partial charge in [-0.05, 0) is 37.1 Å². The normalized spacial score (nSPS) is 12.1. The zero-order valence-corrected chi connectivity index (χ0v) is 12.6. The summed E-state index contributed by atoms with van der Waals surface area (Å²) in [5, 5.41) is 10.6. The van der Waals surface area contributed by atoms with Crippen LogP contribution in [-0.2, 0) is 0 Å². The van der Waals surface area contributed by atoms with Crippen molar-refractivity contribution in [2.75, 3.05) is 14.2 Å². The SMILES string of the molecule is COc1cccc(F)c1C(O)c1ccc(C)c(C)c1OC. The van der Waals surface area contributed by atoms with Gasteiger partial charge in [0, 0.05) is 5.56 Å². The van der Waals surface area contributed by atoms with Crippen molar-refractivity contribution in [1.29, 1.82) is 0 Å². The van der Waals surface area contributed by atoms with Gasteiger partial charge in [0.1, 0.15) is 23.4 Å². The molecule has 4 heteroatoms. The van der Waals surface area contributed by atoms with Gasteiger partial charge in [-0.3, -0.25) is 0 Å². The predicted octanol–water partition coefficient (Wildman–Crippen LogP) is 3.54. The van der Waals surface area contributed by atoms with Gasteiger partial charge in [-0.2, -0.15) is 0 Å². The number of aryl methyl sites for hydroxylation is 1. The lowest BCUT2D eigenvalue weighted by atomic mass is 9.95. The molecule has 0 aliphatic carbocycles. The minimum absolute atomic E-state index is 0.113. The van der Waals surface area contributed by atoms with E-state index in [0.29, 0.717) is 17.1 Å². The first kappa shape index (κ1) is 15.3. The Labute approximate surface area is 124 Å². The van der Waals surface area contributed by atoms with E-state index in [2.05, 4.69) is 0 Å². The molecule has 2 rings (SSSR count). The molecule has 1 N–H and O–H groups in total. The molecule has 0 bridgehead atoms. The zero-order chi connectivity index (χ0) is 15.6. The third-order valence-electron chi connectivity index (χ3n) is 3.71. The fourth-order valence-electron chi connectivity index (χ4n) is 2.41. The molecule has 0 saturated heterocycles. The average molecular weight is 290 g/mol. The van der Waals surface area contributed by atoms with Crippen LogP contribution in [0.5, 0.6) is 11.5 Å². The van der Waals surface area contributed by atoms with E-state index in [1.54, 1.807) is 18.2 Å². The summed E-state index contributed by atoms with van der Waals surface area (Å²) in [6.45, 7) is 3.86. The van der Waals surface area contributed by atoms with Crippen molar-refractivity contribution in [1.82, 2.24) is 0 Å². The van der Waals surface area contributed by atoms with Crippen LogP contribution in [0.2, 0.25) is 0 Å². The number of aliphatic hydroxyl groups is 1. The van der Waals surface area contributed by atoms with E-state index in [0.717, 1.165) is 11.1 Å². The van der Waals surface area contributed by atoms with E-state index < -0.39 is 11.9 Å². The molecule has 2 aromatic carbocycles. The Morgan fingerprint density at radius 2 is 1.76 bits per heavy atom.